The van der Waals surface area contributed by atoms with Crippen LogP contribution < -0.4 is 5.32 Å². The van der Waals surface area contributed by atoms with Crippen molar-refractivity contribution in [2.75, 3.05) is 25.5 Å². The van der Waals surface area contributed by atoms with Crippen molar-refractivity contribution in [3.63, 3.8) is 0 Å². The van der Waals surface area contributed by atoms with E-state index in [1.807, 2.05) is 4.90 Å². The Morgan fingerprint density at radius 3 is 2.59 bits per heavy atom. The molecule has 0 radical (unpaired) electrons. The maximum Gasteiger partial charge on any atom is 0.416 e. The molecule has 1 aromatic heterocycles. The van der Waals surface area contributed by atoms with Crippen LogP contribution in [0.4, 0.5) is 19.0 Å². The number of halogens is 3. The fourth-order valence-corrected chi connectivity index (χ4v) is 5.64. The van der Waals surface area contributed by atoms with E-state index in [9.17, 15) is 22.8 Å². The van der Waals surface area contributed by atoms with E-state index in [2.05, 4.69) is 41.1 Å². The van der Waals surface area contributed by atoms with Crippen LogP contribution in [0.1, 0.15) is 58.9 Å². The van der Waals surface area contributed by atoms with Crippen LogP contribution >= 0.6 is 0 Å². The predicted molar refractivity (Wildman–Crippen MR) is 142 cm³/mol. The highest BCUT2D eigenvalue weighted by atomic mass is 19.4. The molecule has 1 unspecified atom stereocenters. The first-order valence-electron chi connectivity index (χ1n) is 13.6. The number of nitrogens with zero attached hydrogens (tertiary/aromatic N) is 4. The number of ether oxygens (including phenoxy) is 1. The Morgan fingerprint density at radius 1 is 1.18 bits per heavy atom. The Kier molecular flexibility index (Phi) is 8.68. The molecule has 1 saturated heterocycles. The summed E-state index contributed by atoms with van der Waals surface area (Å²) in [4.78, 5) is 38.3. The number of rotatable bonds is 8. The number of carbonyl (C=O) groups excluding carboxylic acids is 2. The Hall–Kier alpha value is -2.95. The van der Waals surface area contributed by atoms with Gasteiger partial charge in [-0.15, -0.1) is 0 Å². The summed E-state index contributed by atoms with van der Waals surface area (Å²) in [6.45, 7) is 8.65. The molecule has 39 heavy (non-hydrogen) atoms. The van der Waals surface area contributed by atoms with E-state index in [1.165, 1.54) is 12.4 Å². The fourth-order valence-electron chi connectivity index (χ4n) is 5.64. The highest BCUT2D eigenvalue weighted by Gasteiger charge is 2.43. The van der Waals surface area contributed by atoms with Crippen molar-refractivity contribution in [2.45, 2.75) is 83.7 Å². The average molecular weight is 550 g/mol. The summed E-state index contributed by atoms with van der Waals surface area (Å²) in [5, 5.41) is 3.32. The second-order valence-electron chi connectivity index (χ2n) is 11.3. The largest absolute Gasteiger partial charge is 0.465 e. The maximum absolute atomic E-state index is 13.6. The normalized spacial score (nSPS) is 24.3. The molecule has 8 nitrogen and oxygen atoms in total. The zero-order chi connectivity index (χ0) is 28.5. The molecule has 2 fully saturated rings. The zero-order valence-electron chi connectivity index (χ0n) is 23.2. The molecule has 214 valence electrons. The van der Waals surface area contributed by atoms with Gasteiger partial charge in [0.2, 0.25) is 5.91 Å². The maximum atomic E-state index is 13.6. The van der Waals surface area contributed by atoms with E-state index in [0.717, 1.165) is 31.4 Å². The molecule has 2 aromatic rings. The van der Waals surface area contributed by atoms with E-state index in [-0.39, 0.29) is 47.6 Å². The number of likely N-dealkylation sites (tertiary alicyclic amines) is 1. The Bertz CT molecular complexity index is 1190. The molecule has 0 spiro atoms. The van der Waals surface area contributed by atoms with Gasteiger partial charge in [-0.1, -0.05) is 13.8 Å². The molecule has 11 heteroatoms. The number of nitrogens with one attached hydrogen (secondary N) is 1. The van der Waals surface area contributed by atoms with Gasteiger partial charge >= 0.3 is 12.1 Å². The van der Waals surface area contributed by atoms with Crippen molar-refractivity contribution >= 4 is 28.6 Å². The van der Waals surface area contributed by atoms with Gasteiger partial charge in [0.25, 0.3) is 0 Å². The van der Waals surface area contributed by atoms with Crippen LogP contribution in [0, 0.1) is 11.8 Å². The molecule has 2 aliphatic rings. The van der Waals surface area contributed by atoms with E-state index in [0.29, 0.717) is 30.6 Å². The molecule has 1 saturated carbocycles. The average Bonchev–Trinajstić information content (AvgIpc) is 3.25. The number of amides is 1. The molecular formula is C28H38F3N5O3. The summed E-state index contributed by atoms with van der Waals surface area (Å²) >= 11 is 0. The summed E-state index contributed by atoms with van der Waals surface area (Å²) < 4.78 is 45.6. The van der Waals surface area contributed by atoms with Crippen LogP contribution in [-0.4, -0.2) is 76.0 Å². The monoisotopic (exact) mass is 549 g/mol. The van der Waals surface area contributed by atoms with Gasteiger partial charge in [-0.2, -0.15) is 13.2 Å². The topological polar surface area (TPSA) is 87.7 Å². The summed E-state index contributed by atoms with van der Waals surface area (Å²) in [5.74, 6) is -0.409. The molecule has 4 atom stereocenters. The SMILES string of the molecule is CC(C)C(=O)OC[C@@H]1C[C@H](N(C)C(C)C)CC[C@@H]1N1CCC(Nc2ncnc3ccc(C(F)(F)F)cc23)C1=O. The van der Waals surface area contributed by atoms with Gasteiger partial charge in [0.15, 0.2) is 0 Å². The van der Waals surface area contributed by atoms with Gasteiger partial charge in [-0.3, -0.25) is 9.59 Å². The van der Waals surface area contributed by atoms with Gasteiger partial charge in [0.05, 0.1) is 23.6 Å². The van der Waals surface area contributed by atoms with E-state index in [1.54, 1.807) is 13.8 Å². The van der Waals surface area contributed by atoms with Crippen molar-refractivity contribution in [1.82, 2.24) is 19.8 Å². The van der Waals surface area contributed by atoms with Gasteiger partial charge < -0.3 is 19.9 Å². The standard InChI is InChI=1S/C28H38F3N5O3/c1-16(2)27(38)39-14-18-12-20(35(5)17(3)4)7-9-24(18)36-11-10-23(26(36)37)34-25-21-13-19(28(29,30)31)6-8-22(21)32-15-33-25/h6,8,13,15-18,20,23-24H,7,9-12,14H2,1-5H3,(H,32,33,34)/t18-,20+,23?,24-/m0/s1. The number of carbonyl (C=O) groups is 2. The minimum Gasteiger partial charge on any atom is -0.465 e. The van der Waals surface area contributed by atoms with Crippen molar-refractivity contribution in [3.05, 3.63) is 30.1 Å². The molecule has 4 rings (SSSR count). The second-order valence-corrected chi connectivity index (χ2v) is 11.3. The Morgan fingerprint density at radius 2 is 1.92 bits per heavy atom. The number of anilines is 1. The lowest BCUT2D eigenvalue weighted by atomic mass is 9.80. The first-order chi connectivity index (χ1) is 18.4. The van der Waals surface area contributed by atoms with Crippen LogP contribution in [0.3, 0.4) is 0 Å². The van der Waals surface area contributed by atoms with Gasteiger partial charge in [-0.05, 0) is 64.8 Å². The highest BCUT2D eigenvalue weighted by Crippen LogP contribution is 2.36. The molecule has 1 aliphatic carbocycles. The summed E-state index contributed by atoms with van der Waals surface area (Å²) in [6, 6.07) is 3.30. The smallest absolute Gasteiger partial charge is 0.416 e. The van der Waals surface area contributed by atoms with Crippen LogP contribution in [0.2, 0.25) is 0 Å². The number of benzene rings is 1. The van der Waals surface area contributed by atoms with E-state index >= 15 is 0 Å². The van der Waals surface area contributed by atoms with E-state index < -0.39 is 17.8 Å². The number of hydrogen-bond donors (Lipinski definition) is 1. The van der Waals surface area contributed by atoms with Crippen LogP contribution in [0.25, 0.3) is 10.9 Å². The lowest BCUT2D eigenvalue weighted by molar-refractivity contribution is -0.150. The lowest BCUT2D eigenvalue weighted by Gasteiger charge is -2.44. The third-order valence-corrected chi connectivity index (χ3v) is 8.13. The van der Waals surface area contributed by atoms with Crippen LogP contribution in [0.15, 0.2) is 24.5 Å². The Balaban J connectivity index is 1.52. The van der Waals surface area contributed by atoms with Crippen molar-refractivity contribution in [1.29, 1.82) is 0 Å². The highest BCUT2D eigenvalue weighted by molar-refractivity contribution is 5.93. The molecule has 0 bridgehead atoms. The van der Waals surface area contributed by atoms with Crippen molar-refractivity contribution < 1.29 is 27.5 Å². The summed E-state index contributed by atoms with van der Waals surface area (Å²) in [7, 11) is 2.10. The molecule has 1 aliphatic heterocycles. The number of esters is 1. The summed E-state index contributed by atoms with van der Waals surface area (Å²) in [5.41, 5.74) is -0.434. The Labute approximate surface area is 227 Å². The van der Waals surface area contributed by atoms with Crippen LogP contribution in [-0.2, 0) is 20.5 Å². The minimum atomic E-state index is -4.50. The number of aromatic nitrogens is 2. The van der Waals surface area contributed by atoms with E-state index in [4.69, 9.17) is 4.74 Å². The van der Waals surface area contributed by atoms with Gasteiger partial charge in [0, 0.05) is 36.0 Å². The first-order valence-corrected chi connectivity index (χ1v) is 13.6. The van der Waals surface area contributed by atoms with Crippen LogP contribution in [0.5, 0.6) is 0 Å². The summed E-state index contributed by atoms with van der Waals surface area (Å²) in [6.07, 6.45) is -0.211. The predicted octanol–water partition coefficient (Wildman–Crippen LogP) is 4.74. The lowest BCUT2D eigenvalue weighted by Crippen LogP contribution is -2.52. The zero-order valence-corrected chi connectivity index (χ0v) is 23.2. The number of fused-ring (bicyclic) bond motifs is 1. The quantitative estimate of drug-likeness (QED) is 0.476. The first kappa shape index (κ1) is 29.0. The molecule has 1 amide bonds. The second kappa shape index (κ2) is 11.7. The fraction of sp³-hybridized carbons (Fsp3) is 0.643. The van der Waals surface area contributed by atoms with Crippen molar-refractivity contribution in [2.24, 2.45) is 11.8 Å². The molecule has 2 heterocycles. The minimum absolute atomic E-state index is 0.00965. The van der Waals surface area contributed by atoms with Crippen molar-refractivity contribution in [3.8, 4) is 0 Å². The molecule has 1 N–H and O–H groups in total. The molecular weight excluding hydrogens is 511 g/mol. The van der Waals surface area contributed by atoms with Gasteiger partial charge in [-0.25, -0.2) is 9.97 Å². The third kappa shape index (κ3) is 6.45. The number of alkyl halides is 3. The molecule has 1 aromatic carbocycles. The third-order valence-electron chi connectivity index (χ3n) is 8.13. The number of hydrogen-bond acceptors (Lipinski definition) is 7. The van der Waals surface area contributed by atoms with Gasteiger partial charge in [0.1, 0.15) is 18.2 Å².